The number of rotatable bonds is 4. The Hall–Kier alpha value is -2.26. The van der Waals surface area contributed by atoms with Crippen LogP contribution in [0.2, 0.25) is 0 Å². The molecule has 0 aliphatic heterocycles. The van der Waals surface area contributed by atoms with Gasteiger partial charge in [0.15, 0.2) is 0 Å². The van der Waals surface area contributed by atoms with Gasteiger partial charge in [-0.25, -0.2) is 0 Å². The van der Waals surface area contributed by atoms with E-state index in [0.29, 0.717) is 24.3 Å². The number of amides is 1. The van der Waals surface area contributed by atoms with Gasteiger partial charge < -0.3 is 5.32 Å². The van der Waals surface area contributed by atoms with E-state index in [4.69, 9.17) is 5.26 Å². The highest BCUT2D eigenvalue weighted by Gasteiger charge is 2.41. The maximum Gasteiger partial charge on any atom is 0.247 e. The van der Waals surface area contributed by atoms with Crippen molar-refractivity contribution in [2.75, 3.05) is 0 Å². The number of hydrogen-bond acceptors (Lipinski definition) is 2. The molecule has 3 heteroatoms. The Morgan fingerprint density at radius 2 is 2.17 bits per heavy atom. The molecule has 0 spiro atoms. The fourth-order valence-corrected chi connectivity index (χ4v) is 2.94. The van der Waals surface area contributed by atoms with Crippen LogP contribution in [-0.2, 0) is 4.79 Å². The number of nitrogens with one attached hydrogen (secondary N) is 1. The number of carbonyl (C=O) groups is 1. The molecule has 0 aromatic rings. The van der Waals surface area contributed by atoms with E-state index >= 15 is 0 Å². The lowest BCUT2D eigenvalue weighted by atomic mass is 9.92. The molecule has 3 aliphatic carbocycles. The molecule has 2 unspecified atom stereocenters. The molecule has 1 N–H and O–H groups in total. The summed E-state index contributed by atoms with van der Waals surface area (Å²) in [6, 6.07) is 2.51. The van der Waals surface area contributed by atoms with E-state index in [9.17, 15) is 4.79 Å². The first-order chi connectivity index (χ1) is 11.3. The molecule has 0 aromatic heterocycles. The van der Waals surface area contributed by atoms with Gasteiger partial charge in [-0.2, -0.15) is 5.26 Å². The molecule has 3 aliphatic rings. The lowest BCUT2D eigenvalue weighted by molar-refractivity contribution is -0.119. The Morgan fingerprint density at radius 1 is 1.30 bits per heavy atom. The average molecular weight is 306 g/mol. The van der Waals surface area contributed by atoms with E-state index in [1.807, 2.05) is 12.2 Å². The van der Waals surface area contributed by atoms with Crippen LogP contribution in [0, 0.1) is 35.0 Å². The van der Waals surface area contributed by atoms with Gasteiger partial charge in [-0.15, -0.1) is 0 Å². The number of fused-ring (bicyclic) bond motifs is 1. The molecule has 1 amide bonds. The molecule has 0 bridgehead atoms. The highest BCUT2D eigenvalue weighted by Crippen LogP contribution is 2.46. The third-order valence-corrected chi connectivity index (χ3v) is 4.73. The Morgan fingerprint density at radius 3 is 2.91 bits per heavy atom. The molecular formula is C20H22N2O. The van der Waals surface area contributed by atoms with Crippen molar-refractivity contribution in [3.05, 3.63) is 35.5 Å². The third-order valence-electron chi connectivity index (χ3n) is 4.73. The number of allylic oxidation sites excluding steroid dienone is 5. The van der Waals surface area contributed by atoms with Gasteiger partial charge in [0.05, 0.1) is 6.07 Å². The summed E-state index contributed by atoms with van der Waals surface area (Å²) < 4.78 is 0. The Kier molecular flexibility index (Phi) is 4.99. The second-order valence-electron chi connectivity index (χ2n) is 6.52. The number of nitriles is 1. The number of nitrogens with zero attached hydrogens (tertiary/aromatic N) is 1. The molecule has 0 saturated heterocycles. The van der Waals surface area contributed by atoms with Crippen LogP contribution in [0.1, 0.15) is 44.9 Å². The van der Waals surface area contributed by atoms with Gasteiger partial charge in [0, 0.05) is 30.0 Å². The summed E-state index contributed by atoms with van der Waals surface area (Å²) in [4.78, 5) is 12.4. The zero-order valence-electron chi connectivity index (χ0n) is 13.3. The van der Waals surface area contributed by atoms with Crippen LogP contribution in [0.4, 0.5) is 0 Å². The van der Waals surface area contributed by atoms with Crippen LogP contribution in [0.15, 0.2) is 35.5 Å². The van der Waals surface area contributed by atoms with Crippen molar-refractivity contribution in [1.82, 2.24) is 5.32 Å². The Labute approximate surface area is 138 Å². The maximum absolute atomic E-state index is 12.4. The van der Waals surface area contributed by atoms with Crippen LogP contribution in [0.3, 0.4) is 0 Å². The predicted molar refractivity (Wildman–Crippen MR) is 89.9 cm³/mol. The van der Waals surface area contributed by atoms with E-state index in [1.54, 1.807) is 0 Å². The number of carbonyl (C=O) groups excluding carboxylic acids is 1. The molecule has 3 nitrogen and oxygen atoms in total. The molecule has 2 saturated carbocycles. The lowest BCUT2D eigenvalue weighted by Crippen LogP contribution is -2.40. The van der Waals surface area contributed by atoms with Gasteiger partial charge in [-0.3, -0.25) is 4.79 Å². The number of unbranched alkanes of at least 4 members (excludes halogenated alkanes) is 2. The quantitative estimate of drug-likeness (QED) is 0.639. The molecule has 0 aromatic carbocycles. The third kappa shape index (κ3) is 4.14. The minimum Gasteiger partial charge on any atom is -0.350 e. The first-order valence-electron chi connectivity index (χ1n) is 8.54. The van der Waals surface area contributed by atoms with E-state index in [0.717, 1.165) is 43.3 Å². The van der Waals surface area contributed by atoms with Crippen molar-refractivity contribution in [2.45, 2.75) is 51.0 Å². The summed E-state index contributed by atoms with van der Waals surface area (Å²) in [6.07, 6.45) is 14.8. The van der Waals surface area contributed by atoms with Gasteiger partial charge in [0.2, 0.25) is 5.91 Å². The van der Waals surface area contributed by atoms with E-state index < -0.39 is 0 Å². The van der Waals surface area contributed by atoms with Crippen LogP contribution in [0.5, 0.6) is 0 Å². The summed E-state index contributed by atoms with van der Waals surface area (Å²) in [7, 11) is 0. The van der Waals surface area contributed by atoms with Crippen molar-refractivity contribution >= 4 is 5.91 Å². The standard InChI is InChI=1S/C20H22N2O/c21-13-4-2-1-3-6-15-9-11-16-14-19(16)18(12-10-15)20(23)22-17-7-5-8-17/h9-12,16-17,19H,1-2,4-5,7-8,14H2,(H,22,23). The zero-order valence-corrected chi connectivity index (χ0v) is 13.3. The van der Waals surface area contributed by atoms with E-state index in [2.05, 4.69) is 35.4 Å². The summed E-state index contributed by atoms with van der Waals surface area (Å²) in [5, 5.41) is 11.7. The molecule has 0 heterocycles. The molecule has 118 valence electrons. The topological polar surface area (TPSA) is 52.9 Å². The summed E-state index contributed by atoms with van der Waals surface area (Å²) in [6.45, 7) is 0. The van der Waals surface area contributed by atoms with Gasteiger partial charge >= 0.3 is 0 Å². The minimum atomic E-state index is 0.107. The molecule has 23 heavy (non-hydrogen) atoms. The van der Waals surface area contributed by atoms with Crippen molar-refractivity contribution in [3.8, 4) is 17.9 Å². The molecule has 2 fully saturated rings. The van der Waals surface area contributed by atoms with Crippen LogP contribution in [0.25, 0.3) is 0 Å². The van der Waals surface area contributed by atoms with Crippen molar-refractivity contribution in [1.29, 1.82) is 5.26 Å². The Balaban J connectivity index is 1.66. The largest absolute Gasteiger partial charge is 0.350 e. The van der Waals surface area contributed by atoms with Crippen molar-refractivity contribution in [2.24, 2.45) is 11.8 Å². The van der Waals surface area contributed by atoms with E-state index in [-0.39, 0.29) is 5.91 Å². The van der Waals surface area contributed by atoms with Crippen LogP contribution in [-0.4, -0.2) is 11.9 Å². The zero-order chi connectivity index (χ0) is 16.1. The van der Waals surface area contributed by atoms with E-state index in [1.165, 1.54) is 6.42 Å². The second-order valence-corrected chi connectivity index (χ2v) is 6.52. The summed E-state index contributed by atoms with van der Waals surface area (Å²) in [5.74, 6) is 7.23. The average Bonchev–Trinajstić information content (AvgIpc) is 3.24. The molecule has 3 rings (SSSR count). The second kappa shape index (κ2) is 7.34. The molecular weight excluding hydrogens is 284 g/mol. The molecule has 2 atom stereocenters. The maximum atomic E-state index is 12.4. The summed E-state index contributed by atoms with van der Waals surface area (Å²) >= 11 is 0. The van der Waals surface area contributed by atoms with Crippen molar-refractivity contribution in [3.63, 3.8) is 0 Å². The highest BCUT2D eigenvalue weighted by molar-refractivity contribution is 5.95. The Bertz CT molecular complexity index is 662. The fraction of sp³-hybridized carbons (Fsp3) is 0.500. The fourth-order valence-electron chi connectivity index (χ4n) is 2.94. The van der Waals surface area contributed by atoms with Crippen LogP contribution >= 0.6 is 0 Å². The first-order valence-corrected chi connectivity index (χ1v) is 8.54. The summed E-state index contributed by atoms with van der Waals surface area (Å²) in [5.41, 5.74) is 1.86. The van der Waals surface area contributed by atoms with Crippen LogP contribution < -0.4 is 5.32 Å². The van der Waals surface area contributed by atoms with Gasteiger partial charge in [-0.1, -0.05) is 30.1 Å². The normalized spacial score (nSPS) is 25.2. The molecule has 0 radical (unpaired) electrons. The van der Waals surface area contributed by atoms with Crippen molar-refractivity contribution < 1.29 is 4.79 Å². The first kappa shape index (κ1) is 15.6. The van der Waals surface area contributed by atoms with Gasteiger partial charge in [0.1, 0.15) is 0 Å². The SMILES string of the molecule is N#CCCCC#CC1=CC=C(C(=O)NC2CCC2)C2CC2C=C1. The van der Waals surface area contributed by atoms with Gasteiger partial charge in [0.25, 0.3) is 0 Å². The minimum absolute atomic E-state index is 0.107. The highest BCUT2D eigenvalue weighted by atomic mass is 16.1. The lowest BCUT2D eigenvalue weighted by Gasteiger charge is -2.27. The predicted octanol–water partition coefficient (Wildman–Crippen LogP) is 3.41. The number of hydrogen-bond donors (Lipinski definition) is 1. The monoisotopic (exact) mass is 306 g/mol. The van der Waals surface area contributed by atoms with Gasteiger partial charge in [-0.05, 0) is 50.0 Å². The smallest absolute Gasteiger partial charge is 0.247 e.